The lowest BCUT2D eigenvalue weighted by Crippen LogP contribution is -2.54. The van der Waals surface area contributed by atoms with E-state index in [0.717, 1.165) is 22.3 Å². The van der Waals surface area contributed by atoms with Gasteiger partial charge in [0.25, 0.3) is 0 Å². The van der Waals surface area contributed by atoms with E-state index in [1.807, 2.05) is 84.9 Å². The standard InChI is InChI=1S/C34H42N6O5.ClH/c1-23(14-19-30(41)45-22-25-9-4-2-5-10-25)32(43)40-29(33(44)39-28(31(35)42)13-8-20-38-34(36)37)21-24-15-17-27(18-16-24)26-11-6-3-7-12-26;/h2-7,9-12,15-18,23,28-29H,8,13-14,19-22H2,1H3,(H2,35,42)(H,39,44)(H,40,43)(H4,36,37,38);1H/t23-,28-,29-;/m1./s1. The van der Waals surface area contributed by atoms with Gasteiger partial charge in [-0.1, -0.05) is 91.9 Å². The summed E-state index contributed by atoms with van der Waals surface area (Å²) in [6.07, 6.45) is 1.05. The van der Waals surface area contributed by atoms with Gasteiger partial charge in [0.15, 0.2) is 5.96 Å². The van der Waals surface area contributed by atoms with E-state index in [2.05, 4.69) is 15.6 Å². The Bertz CT molecular complexity index is 1430. The minimum absolute atomic E-state index is 0. The molecule has 8 N–H and O–H groups in total. The van der Waals surface area contributed by atoms with Gasteiger partial charge >= 0.3 is 5.97 Å². The summed E-state index contributed by atoms with van der Waals surface area (Å²) in [5, 5.41) is 5.48. The lowest BCUT2D eigenvalue weighted by molar-refractivity contribution is -0.145. The topological polar surface area (TPSA) is 192 Å². The lowest BCUT2D eigenvalue weighted by Gasteiger charge is -2.23. The highest BCUT2D eigenvalue weighted by Gasteiger charge is 2.27. The van der Waals surface area contributed by atoms with Gasteiger partial charge in [0.2, 0.25) is 17.7 Å². The second-order valence-corrected chi connectivity index (χ2v) is 10.8. The SMILES string of the molecule is C[C@H](CCC(=O)OCc1ccccc1)C(=O)N[C@H](Cc1ccc(-c2ccccc2)cc1)C(=O)N[C@H](CCCN=C(N)N)C(N)=O.Cl. The molecular formula is C34H43ClN6O5. The Morgan fingerprint density at radius 1 is 0.739 bits per heavy atom. The van der Waals surface area contributed by atoms with E-state index in [-0.39, 0.29) is 57.2 Å². The molecule has 12 heteroatoms. The minimum Gasteiger partial charge on any atom is -0.461 e. The van der Waals surface area contributed by atoms with Crippen molar-refractivity contribution >= 4 is 42.1 Å². The number of ether oxygens (including phenoxy) is 1. The fraction of sp³-hybridized carbons (Fsp3) is 0.324. The number of amides is 3. The maximum Gasteiger partial charge on any atom is 0.306 e. The van der Waals surface area contributed by atoms with Gasteiger partial charge in [-0.05, 0) is 41.5 Å². The Balaban J connectivity index is 0.00000736. The van der Waals surface area contributed by atoms with E-state index in [4.69, 9.17) is 21.9 Å². The first-order valence-electron chi connectivity index (χ1n) is 14.9. The van der Waals surface area contributed by atoms with Crippen molar-refractivity contribution in [2.45, 2.75) is 57.7 Å². The van der Waals surface area contributed by atoms with Crippen LogP contribution in [0.3, 0.4) is 0 Å². The monoisotopic (exact) mass is 650 g/mol. The molecule has 3 atom stereocenters. The number of carbonyl (C=O) groups is 4. The van der Waals surface area contributed by atoms with Crippen molar-refractivity contribution in [3.05, 3.63) is 96.1 Å². The molecule has 246 valence electrons. The first kappa shape index (κ1) is 37.3. The number of nitrogens with zero attached hydrogens (tertiary/aromatic N) is 1. The van der Waals surface area contributed by atoms with Crippen molar-refractivity contribution in [3.63, 3.8) is 0 Å². The first-order chi connectivity index (χ1) is 21.6. The maximum atomic E-state index is 13.5. The molecule has 0 saturated heterocycles. The zero-order valence-corrected chi connectivity index (χ0v) is 26.7. The van der Waals surface area contributed by atoms with Crippen LogP contribution in [0.1, 0.15) is 43.7 Å². The van der Waals surface area contributed by atoms with E-state index < -0.39 is 41.7 Å². The third kappa shape index (κ3) is 13.0. The normalized spacial score (nSPS) is 12.4. The fourth-order valence-corrected chi connectivity index (χ4v) is 4.56. The molecule has 0 aromatic heterocycles. The Kier molecular flexibility index (Phi) is 15.8. The van der Waals surface area contributed by atoms with Crippen LogP contribution in [0.15, 0.2) is 89.9 Å². The van der Waals surface area contributed by atoms with Crippen molar-refractivity contribution < 1.29 is 23.9 Å². The summed E-state index contributed by atoms with van der Waals surface area (Å²) >= 11 is 0. The quantitative estimate of drug-likeness (QED) is 0.0641. The molecule has 3 amide bonds. The third-order valence-electron chi connectivity index (χ3n) is 7.21. The number of rotatable bonds is 17. The van der Waals surface area contributed by atoms with Gasteiger partial charge in [-0.3, -0.25) is 24.2 Å². The summed E-state index contributed by atoms with van der Waals surface area (Å²) in [5.41, 5.74) is 20.0. The van der Waals surface area contributed by atoms with Crippen LogP contribution in [-0.4, -0.2) is 48.3 Å². The van der Waals surface area contributed by atoms with Crippen LogP contribution < -0.4 is 27.8 Å². The maximum absolute atomic E-state index is 13.5. The van der Waals surface area contributed by atoms with Crippen molar-refractivity contribution in [1.29, 1.82) is 0 Å². The zero-order chi connectivity index (χ0) is 32.6. The largest absolute Gasteiger partial charge is 0.461 e. The highest BCUT2D eigenvalue weighted by molar-refractivity contribution is 5.92. The number of esters is 1. The molecule has 3 aromatic rings. The van der Waals surface area contributed by atoms with Crippen molar-refractivity contribution in [2.75, 3.05) is 6.54 Å². The van der Waals surface area contributed by atoms with E-state index in [1.54, 1.807) is 6.92 Å². The summed E-state index contributed by atoms with van der Waals surface area (Å²) in [4.78, 5) is 55.0. The van der Waals surface area contributed by atoms with Crippen LogP contribution in [0, 0.1) is 5.92 Å². The van der Waals surface area contributed by atoms with E-state index >= 15 is 0 Å². The van der Waals surface area contributed by atoms with Crippen molar-refractivity contribution in [1.82, 2.24) is 10.6 Å². The summed E-state index contributed by atoms with van der Waals surface area (Å²) < 4.78 is 5.32. The molecule has 0 bridgehead atoms. The number of primary amides is 1. The Hall–Kier alpha value is -4.90. The van der Waals surface area contributed by atoms with Crippen LogP contribution >= 0.6 is 12.4 Å². The van der Waals surface area contributed by atoms with E-state index in [0.29, 0.717) is 6.42 Å². The first-order valence-corrected chi connectivity index (χ1v) is 14.9. The molecule has 0 aliphatic rings. The zero-order valence-electron chi connectivity index (χ0n) is 25.9. The molecule has 0 aliphatic heterocycles. The molecule has 0 radical (unpaired) electrons. The lowest BCUT2D eigenvalue weighted by atomic mass is 9.98. The minimum atomic E-state index is -1.01. The highest BCUT2D eigenvalue weighted by Crippen LogP contribution is 2.20. The number of carbonyl (C=O) groups excluding carboxylic acids is 4. The molecule has 46 heavy (non-hydrogen) atoms. The number of hydrogen-bond acceptors (Lipinski definition) is 6. The van der Waals surface area contributed by atoms with E-state index in [1.165, 1.54) is 0 Å². The average Bonchev–Trinajstić information content (AvgIpc) is 3.04. The van der Waals surface area contributed by atoms with Crippen molar-refractivity contribution in [3.8, 4) is 11.1 Å². The second-order valence-electron chi connectivity index (χ2n) is 10.8. The Labute approximate surface area is 275 Å². The third-order valence-corrected chi connectivity index (χ3v) is 7.21. The molecule has 0 aliphatic carbocycles. The summed E-state index contributed by atoms with van der Waals surface area (Å²) in [6, 6.07) is 24.8. The summed E-state index contributed by atoms with van der Waals surface area (Å²) in [6.45, 7) is 2.10. The van der Waals surface area contributed by atoms with Crippen LogP contribution in [0.2, 0.25) is 0 Å². The molecule has 3 rings (SSSR count). The van der Waals surface area contributed by atoms with Crippen LogP contribution in [0.5, 0.6) is 0 Å². The smallest absolute Gasteiger partial charge is 0.306 e. The molecule has 0 heterocycles. The van der Waals surface area contributed by atoms with Gasteiger partial charge in [0, 0.05) is 25.3 Å². The van der Waals surface area contributed by atoms with Gasteiger partial charge in [0.05, 0.1) is 0 Å². The molecule has 0 spiro atoms. The van der Waals surface area contributed by atoms with Gasteiger partial charge < -0.3 is 32.6 Å². The molecule has 0 saturated carbocycles. The predicted octanol–water partition coefficient (Wildman–Crippen LogP) is 2.99. The fourth-order valence-electron chi connectivity index (χ4n) is 4.56. The number of halogens is 1. The van der Waals surface area contributed by atoms with Gasteiger partial charge in [-0.2, -0.15) is 0 Å². The van der Waals surface area contributed by atoms with Gasteiger partial charge in [0.1, 0.15) is 18.7 Å². The second kappa shape index (κ2) is 19.5. The predicted molar refractivity (Wildman–Crippen MR) is 180 cm³/mol. The number of aliphatic imine (C=N–C) groups is 1. The molecular weight excluding hydrogens is 608 g/mol. The molecule has 0 unspecified atom stereocenters. The number of guanidine groups is 1. The van der Waals surface area contributed by atoms with Crippen LogP contribution in [0.4, 0.5) is 0 Å². The Morgan fingerprint density at radius 3 is 1.93 bits per heavy atom. The molecule has 3 aromatic carbocycles. The number of hydrogen-bond donors (Lipinski definition) is 5. The number of nitrogens with two attached hydrogens (primary N) is 3. The number of benzene rings is 3. The van der Waals surface area contributed by atoms with Crippen LogP contribution in [-0.2, 0) is 36.9 Å². The summed E-state index contributed by atoms with van der Waals surface area (Å²) in [5.74, 6) is -2.76. The molecule has 11 nitrogen and oxygen atoms in total. The van der Waals surface area contributed by atoms with Crippen molar-refractivity contribution in [2.24, 2.45) is 28.1 Å². The van der Waals surface area contributed by atoms with E-state index in [9.17, 15) is 19.2 Å². The Morgan fingerprint density at radius 2 is 1.33 bits per heavy atom. The van der Waals surface area contributed by atoms with Gasteiger partial charge in [-0.15, -0.1) is 12.4 Å². The number of nitrogens with one attached hydrogen (secondary N) is 2. The molecule has 0 fully saturated rings. The highest BCUT2D eigenvalue weighted by atomic mass is 35.5. The van der Waals surface area contributed by atoms with Gasteiger partial charge in [-0.25, -0.2) is 0 Å². The summed E-state index contributed by atoms with van der Waals surface area (Å²) in [7, 11) is 0. The van der Waals surface area contributed by atoms with Crippen LogP contribution in [0.25, 0.3) is 11.1 Å². The average molecular weight is 651 g/mol.